The summed E-state index contributed by atoms with van der Waals surface area (Å²) in [6.45, 7) is 2.38. The van der Waals surface area contributed by atoms with E-state index in [1.165, 1.54) is 0 Å². The van der Waals surface area contributed by atoms with Crippen LogP contribution in [0, 0.1) is 0 Å². The van der Waals surface area contributed by atoms with Gasteiger partial charge in [0, 0.05) is 36.9 Å². The van der Waals surface area contributed by atoms with Crippen LogP contribution in [0.15, 0.2) is 218 Å². The van der Waals surface area contributed by atoms with Crippen LogP contribution in [-0.2, 0) is 9.09 Å². The Balaban J connectivity index is 0.000000151. The van der Waals surface area contributed by atoms with Crippen LogP contribution in [0.3, 0.4) is 0 Å². The first-order valence-corrected chi connectivity index (χ1v) is 26.6. The average molecular weight is 1090 g/mol. The second kappa shape index (κ2) is 28.8. The van der Waals surface area contributed by atoms with Crippen molar-refractivity contribution in [3.05, 3.63) is 218 Å². The fourth-order valence-electron chi connectivity index (χ4n) is 8.16. The van der Waals surface area contributed by atoms with Crippen molar-refractivity contribution in [3.8, 4) is 0 Å². The predicted molar refractivity (Wildman–Crippen MR) is 347 cm³/mol. The standard InChI is InChI=1S/6C10H10N2.C4H9O3P/c6*11-9-6-5-7-3-1-2-4-8(7)10(9)12;1-2-3-4-7-8(5)6/h6*1-6H,11-12H2;2-4H2,1H3/p+1. The summed E-state index contributed by atoms with van der Waals surface area (Å²) >= 11 is 0. The first-order chi connectivity index (χ1) is 38.5. The second-order valence-corrected chi connectivity index (χ2v) is 18.9. The largest absolute Gasteiger partial charge is 0.694 e. The first kappa shape index (κ1) is 59.1. The number of hydrogen-bond donors (Lipinski definition) is 13. The highest BCUT2D eigenvalue weighted by molar-refractivity contribution is 7.32. The van der Waals surface area contributed by atoms with Crippen LogP contribution in [0.1, 0.15) is 19.8 Å². The van der Waals surface area contributed by atoms with Crippen molar-refractivity contribution in [1.82, 2.24) is 0 Å². The van der Waals surface area contributed by atoms with Gasteiger partial charge in [-0.2, -0.15) is 0 Å². The van der Waals surface area contributed by atoms with E-state index in [1.807, 2.05) is 225 Å². The lowest BCUT2D eigenvalue weighted by Crippen LogP contribution is -1.94. The van der Waals surface area contributed by atoms with Crippen molar-refractivity contribution in [2.75, 3.05) is 75.4 Å². The van der Waals surface area contributed by atoms with Gasteiger partial charge >= 0.3 is 8.25 Å². The Bertz CT molecular complexity index is 3380. The molecule has 12 rings (SSSR count). The molecule has 25 N–H and O–H groups in total. The smallest absolute Gasteiger partial charge is 0.397 e. The van der Waals surface area contributed by atoms with Crippen LogP contribution in [-0.4, -0.2) is 11.5 Å². The van der Waals surface area contributed by atoms with Crippen molar-refractivity contribution in [3.63, 3.8) is 0 Å². The Kier molecular flexibility index (Phi) is 21.3. The molecule has 0 aliphatic rings. The monoisotopic (exact) mass is 1090 g/mol. The topological polar surface area (TPSA) is 359 Å². The number of benzene rings is 12. The van der Waals surface area contributed by atoms with Crippen molar-refractivity contribution < 1.29 is 14.0 Å². The van der Waals surface area contributed by atoms with Crippen LogP contribution < -0.4 is 68.8 Å². The lowest BCUT2D eigenvalue weighted by atomic mass is 10.1. The number of unbranched alkanes of at least 4 members (excludes halogenated alkanes) is 1. The van der Waals surface area contributed by atoms with Gasteiger partial charge in [0.15, 0.2) is 0 Å². The summed E-state index contributed by atoms with van der Waals surface area (Å²) in [5.74, 6) is 0. The molecule has 1 atom stereocenters. The van der Waals surface area contributed by atoms with Gasteiger partial charge in [-0.05, 0) is 75.1 Å². The number of anilines is 12. The molecule has 1 unspecified atom stereocenters. The van der Waals surface area contributed by atoms with E-state index < -0.39 is 8.25 Å². The zero-order valence-electron chi connectivity index (χ0n) is 44.5. The molecule has 0 aliphatic heterocycles. The Hall–Kier alpha value is -10.2. The summed E-state index contributed by atoms with van der Waals surface area (Å²) in [7, 11) is -2.36. The maximum atomic E-state index is 9.80. The fraction of sp³-hybridized carbons (Fsp3) is 0.0625. The van der Waals surface area contributed by atoms with Gasteiger partial charge in [0.25, 0.3) is 0 Å². The Morgan fingerprint density at radius 3 is 0.637 bits per heavy atom. The molecule has 12 aromatic rings. The molecule has 80 heavy (non-hydrogen) atoms. The van der Waals surface area contributed by atoms with E-state index in [0.29, 0.717) is 74.9 Å². The van der Waals surface area contributed by atoms with Crippen LogP contribution in [0.5, 0.6) is 0 Å². The van der Waals surface area contributed by atoms with Crippen molar-refractivity contribution in [1.29, 1.82) is 0 Å². The maximum absolute atomic E-state index is 9.80. The molecule has 0 fully saturated rings. The predicted octanol–water partition coefficient (Wildman–Crippen LogP) is 13.5. The molecule has 0 amide bonds. The zero-order chi connectivity index (χ0) is 57.7. The number of rotatable bonds is 4. The lowest BCUT2D eigenvalue weighted by Gasteiger charge is -2.03. The van der Waals surface area contributed by atoms with Gasteiger partial charge in [-0.15, -0.1) is 9.42 Å². The van der Waals surface area contributed by atoms with Crippen LogP contribution in [0.25, 0.3) is 64.6 Å². The normalized spacial score (nSPS) is 10.4. The molecule has 0 aliphatic carbocycles. The van der Waals surface area contributed by atoms with E-state index in [1.54, 1.807) is 0 Å². The molecular weight excluding hydrogens is 1020 g/mol. The Morgan fingerprint density at radius 2 is 0.475 bits per heavy atom. The van der Waals surface area contributed by atoms with Crippen LogP contribution in [0.2, 0.25) is 0 Å². The minimum atomic E-state index is -2.36. The third kappa shape index (κ3) is 15.7. The first-order valence-electron chi connectivity index (χ1n) is 25.5. The van der Waals surface area contributed by atoms with E-state index in [9.17, 15) is 4.57 Å². The van der Waals surface area contributed by atoms with Gasteiger partial charge in [-0.25, -0.2) is 0 Å². The number of nitrogens with two attached hydrogens (primary N) is 12. The van der Waals surface area contributed by atoms with Gasteiger partial charge in [0.05, 0.1) is 68.2 Å². The quantitative estimate of drug-likeness (QED) is 0.0442. The minimum Gasteiger partial charge on any atom is -0.397 e. The van der Waals surface area contributed by atoms with Crippen LogP contribution >= 0.6 is 8.25 Å². The third-order valence-electron chi connectivity index (χ3n) is 12.7. The molecule has 15 nitrogen and oxygen atoms in total. The van der Waals surface area contributed by atoms with Crippen molar-refractivity contribution in [2.45, 2.75) is 19.8 Å². The average Bonchev–Trinajstić information content (AvgIpc) is 3.48. The number of nitrogen functional groups attached to an aromatic ring is 12. The highest BCUT2D eigenvalue weighted by atomic mass is 31.1. The molecule has 0 radical (unpaired) electrons. The van der Waals surface area contributed by atoms with Crippen molar-refractivity contribution >= 4 is 141 Å². The molecule has 16 heteroatoms. The molecule has 0 saturated carbocycles. The van der Waals surface area contributed by atoms with Crippen molar-refractivity contribution in [2.24, 2.45) is 0 Å². The van der Waals surface area contributed by atoms with E-state index >= 15 is 0 Å². The maximum Gasteiger partial charge on any atom is 0.694 e. The highest BCUT2D eigenvalue weighted by Crippen LogP contribution is 2.30. The summed E-state index contributed by atoms with van der Waals surface area (Å²) in [6.07, 6.45) is 1.84. The summed E-state index contributed by atoms with van der Waals surface area (Å²) < 4.78 is 14.1. The minimum absolute atomic E-state index is 0.391. The van der Waals surface area contributed by atoms with E-state index in [4.69, 9.17) is 73.7 Å². The van der Waals surface area contributed by atoms with Gasteiger partial charge < -0.3 is 68.8 Å². The SMILES string of the molecule is CCCCO[P+](=O)O.Nc1ccc2ccccc2c1N.Nc1ccc2ccccc2c1N.Nc1ccc2ccccc2c1N.Nc1ccc2ccccc2c1N.Nc1ccc2ccccc2c1N.Nc1ccc2ccccc2c1N. The molecule has 0 heterocycles. The molecular formula is C64H70N12O3P+. The molecule has 0 bridgehead atoms. The van der Waals surface area contributed by atoms with E-state index in [0.717, 1.165) is 77.5 Å². The highest BCUT2D eigenvalue weighted by Gasteiger charge is 2.09. The third-order valence-corrected chi connectivity index (χ3v) is 13.1. The Morgan fingerprint density at radius 1 is 0.300 bits per heavy atom. The molecule has 0 spiro atoms. The van der Waals surface area contributed by atoms with Crippen LogP contribution in [0.4, 0.5) is 68.2 Å². The summed E-state index contributed by atoms with van der Waals surface area (Å²) in [4.78, 5) is 8.07. The summed E-state index contributed by atoms with van der Waals surface area (Å²) in [5.41, 5.74) is 76.7. The molecule has 0 saturated heterocycles. The zero-order valence-corrected chi connectivity index (χ0v) is 45.4. The van der Waals surface area contributed by atoms with E-state index in [2.05, 4.69) is 4.52 Å². The number of hydrogen-bond acceptors (Lipinski definition) is 14. The second-order valence-electron chi connectivity index (χ2n) is 18.2. The number of fused-ring (bicyclic) bond motifs is 6. The molecule has 12 aromatic carbocycles. The Labute approximate surface area is 466 Å². The van der Waals surface area contributed by atoms with Gasteiger partial charge in [0.2, 0.25) is 0 Å². The lowest BCUT2D eigenvalue weighted by molar-refractivity contribution is 0.276. The van der Waals surface area contributed by atoms with E-state index in [-0.39, 0.29) is 0 Å². The van der Waals surface area contributed by atoms with Gasteiger partial charge in [-0.1, -0.05) is 195 Å². The van der Waals surface area contributed by atoms with Gasteiger partial charge in [-0.3, -0.25) is 0 Å². The summed E-state index contributed by atoms with van der Waals surface area (Å²) in [5, 5.41) is 12.9. The fourth-order valence-corrected chi connectivity index (χ4v) is 8.45. The molecule has 408 valence electrons. The molecule has 0 aromatic heterocycles. The summed E-state index contributed by atoms with van der Waals surface area (Å²) in [6, 6.07) is 70.4. The van der Waals surface area contributed by atoms with Gasteiger partial charge in [0.1, 0.15) is 6.61 Å².